The molecule has 25 heavy (non-hydrogen) atoms. The van der Waals surface area contributed by atoms with E-state index in [-0.39, 0.29) is 12.6 Å². The Kier molecular flexibility index (Phi) is 5.83. The summed E-state index contributed by atoms with van der Waals surface area (Å²) in [6.07, 6.45) is 1.81. The van der Waals surface area contributed by atoms with Crippen molar-refractivity contribution in [3.05, 3.63) is 52.8 Å². The zero-order valence-electron chi connectivity index (χ0n) is 14.6. The molecule has 1 aliphatic rings. The average Bonchev–Trinajstić information content (AvgIpc) is 2.99. The molecule has 2 heterocycles. The molecule has 0 saturated heterocycles. The monoisotopic (exact) mass is 343 g/mol. The minimum absolute atomic E-state index is 0.00804. The van der Waals surface area contributed by atoms with Gasteiger partial charge in [-0.1, -0.05) is 30.3 Å². The van der Waals surface area contributed by atoms with E-state index in [1.165, 1.54) is 5.56 Å². The summed E-state index contributed by atoms with van der Waals surface area (Å²) in [5.74, 6) is -0.375. The van der Waals surface area contributed by atoms with Gasteiger partial charge in [0.15, 0.2) is 5.69 Å². The molecule has 2 aromatic rings. The minimum Gasteiger partial charge on any atom is -0.461 e. The van der Waals surface area contributed by atoms with E-state index in [1.807, 2.05) is 6.07 Å². The van der Waals surface area contributed by atoms with Crippen LogP contribution in [0.3, 0.4) is 0 Å². The predicted octanol–water partition coefficient (Wildman–Crippen LogP) is 1.65. The normalized spacial score (nSPS) is 14.3. The lowest BCUT2D eigenvalue weighted by molar-refractivity contribution is 0.0515. The number of carbonyl (C=O) groups is 1. The maximum atomic E-state index is 12.2. The van der Waals surface area contributed by atoms with E-state index in [0.29, 0.717) is 25.4 Å². The van der Waals surface area contributed by atoms with E-state index in [2.05, 4.69) is 34.3 Å². The van der Waals surface area contributed by atoms with E-state index >= 15 is 0 Å². The largest absolute Gasteiger partial charge is 0.461 e. The first-order chi connectivity index (χ1) is 12.2. The molecule has 0 unspecified atom stereocenters. The van der Waals surface area contributed by atoms with Gasteiger partial charge in [0.05, 0.1) is 19.8 Å². The third-order valence-corrected chi connectivity index (χ3v) is 4.55. The van der Waals surface area contributed by atoms with Crippen LogP contribution in [0.2, 0.25) is 0 Å². The van der Waals surface area contributed by atoms with Crippen LogP contribution >= 0.6 is 0 Å². The first kappa shape index (κ1) is 17.6. The van der Waals surface area contributed by atoms with Crippen molar-refractivity contribution in [1.29, 1.82) is 0 Å². The summed E-state index contributed by atoms with van der Waals surface area (Å²) in [7, 11) is 0. The van der Waals surface area contributed by atoms with Crippen molar-refractivity contribution in [3.63, 3.8) is 0 Å². The fourth-order valence-corrected chi connectivity index (χ4v) is 3.31. The van der Waals surface area contributed by atoms with Crippen molar-refractivity contribution in [3.8, 4) is 0 Å². The number of esters is 1. The fourth-order valence-electron chi connectivity index (χ4n) is 3.31. The van der Waals surface area contributed by atoms with Gasteiger partial charge in [0, 0.05) is 37.3 Å². The van der Waals surface area contributed by atoms with Crippen molar-refractivity contribution in [2.75, 3.05) is 26.3 Å². The number of carbonyl (C=O) groups excluding carboxylic acids is 1. The number of benzene rings is 1. The highest BCUT2D eigenvalue weighted by Crippen LogP contribution is 2.23. The molecular formula is C19H25N3O3. The number of aliphatic hydroxyl groups is 1. The van der Waals surface area contributed by atoms with Crippen molar-refractivity contribution in [2.45, 2.75) is 32.9 Å². The van der Waals surface area contributed by atoms with Crippen molar-refractivity contribution in [2.24, 2.45) is 0 Å². The third kappa shape index (κ3) is 4.08. The molecule has 1 aliphatic heterocycles. The summed E-state index contributed by atoms with van der Waals surface area (Å²) < 4.78 is 6.91. The second-order valence-corrected chi connectivity index (χ2v) is 6.20. The minimum atomic E-state index is -0.375. The lowest BCUT2D eigenvalue weighted by Crippen LogP contribution is -2.33. The number of aliphatic hydroxyl groups excluding tert-OH is 1. The van der Waals surface area contributed by atoms with E-state index in [9.17, 15) is 9.90 Å². The maximum absolute atomic E-state index is 12.2. The molecule has 1 N–H and O–H groups in total. The van der Waals surface area contributed by atoms with Gasteiger partial charge in [0.2, 0.25) is 0 Å². The molecule has 0 atom stereocenters. The quantitative estimate of drug-likeness (QED) is 0.775. The first-order valence-electron chi connectivity index (χ1n) is 8.85. The van der Waals surface area contributed by atoms with Crippen LogP contribution in [-0.2, 0) is 30.7 Å². The summed E-state index contributed by atoms with van der Waals surface area (Å²) in [4.78, 5) is 14.6. The molecular weight excluding hydrogens is 318 g/mol. The van der Waals surface area contributed by atoms with Crippen molar-refractivity contribution in [1.82, 2.24) is 14.7 Å². The Bertz CT molecular complexity index is 712. The van der Waals surface area contributed by atoms with Gasteiger partial charge in [-0.05, 0) is 18.9 Å². The Morgan fingerprint density at radius 2 is 2.08 bits per heavy atom. The number of hydrogen-bond donors (Lipinski definition) is 1. The summed E-state index contributed by atoms with van der Waals surface area (Å²) >= 11 is 0. The smallest absolute Gasteiger partial charge is 0.359 e. The van der Waals surface area contributed by atoms with Gasteiger partial charge >= 0.3 is 5.97 Å². The second-order valence-electron chi connectivity index (χ2n) is 6.20. The molecule has 3 rings (SSSR count). The highest BCUT2D eigenvalue weighted by Gasteiger charge is 2.28. The summed E-state index contributed by atoms with van der Waals surface area (Å²) in [6.45, 7) is 5.11. The van der Waals surface area contributed by atoms with E-state index in [0.717, 1.165) is 37.2 Å². The lowest BCUT2D eigenvalue weighted by Gasteiger charge is -2.27. The summed E-state index contributed by atoms with van der Waals surface area (Å²) in [6, 6.07) is 10.4. The van der Waals surface area contributed by atoms with E-state index in [1.54, 1.807) is 11.6 Å². The number of aromatic nitrogens is 2. The predicted molar refractivity (Wildman–Crippen MR) is 94.4 cm³/mol. The Morgan fingerprint density at radius 1 is 1.28 bits per heavy atom. The Morgan fingerprint density at radius 3 is 2.80 bits per heavy atom. The Hall–Kier alpha value is -2.18. The van der Waals surface area contributed by atoms with Gasteiger partial charge in [-0.25, -0.2) is 4.79 Å². The summed E-state index contributed by atoms with van der Waals surface area (Å²) in [5, 5.41) is 13.7. The molecule has 1 aromatic heterocycles. The molecule has 1 aromatic carbocycles. The lowest BCUT2D eigenvalue weighted by atomic mass is 10.0. The zero-order chi connectivity index (χ0) is 17.6. The maximum Gasteiger partial charge on any atom is 0.359 e. The molecule has 0 aliphatic carbocycles. The molecule has 134 valence electrons. The Labute approximate surface area is 148 Å². The summed E-state index contributed by atoms with van der Waals surface area (Å²) in [5.41, 5.74) is 3.71. The fraction of sp³-hybridized carbons (Fsp3) is 0.474. The van der Waals surface area contributed by atoms with Gasteiger partial charge in [0.25, 0.3) is 0 Å². The van der Waals surface area contributed by atoms with E-state index < -0.39 is 0 Å². The van der Waals surface area contributed by atoms with Gasteiger partial charge < -0.3 is 9.84 Å². The van der Waals surface area contributed by atoms with Crippen molar-refractivity contribution < 1.29 is 14.6 Å². The number of ether oxygens (including phenoxy) is 1. The molecule has 6 nitrogen and oxygen atoms in total. The van der Waals surface area contributed by atoms with Gasteiger partial charge in [-0.3, -0.25) is 9.58 Å². The SMILES string of the molecule is CCOC(=O)c1nn(CCO)c2c1CN(CCc1ccccc1)CC2. The topological polar surface area (TPSA) is 67.6 Å². The molecule has 0 radical (unpaired) electrons. The van der Waals surface area contributed by atoms with Crippen molar-refractivity contribution >= 4 is 5.97 Å². The van der Waals surface area contributed by atoms with Gasteiger partial charge in [-0.2, -0.15) is 5.10 Å². The number of hydrogen-bond acceptors (Lipinski definition) is 5. The van der Waals surface area contributed by atoms with Crippen LogP contribution in [0.1, 0.15) is 34.2 Å². The van der Waals surface area contributed by atoms with Crippen LogP contribution in [0.5, 0.6) is 0 Å². The first-order valence-corrected chi connectivity index (χ1v) is 8.85. The van der Waals surface area contributed by atoms with Crippen LogP contribution in [0, 0.1) is 0 Å². The van der Waals surface area contributed by atoms with Crippen LogP contribution in [0.4, 0.5) is 0 Å². The number of rotatable bonds is 7. The van der Waals surface area contributed by atoms with Crippen LogP contribution in [0.25, 0.3) is 0 Å². The standard InChI is InChI=1S/C19H25N3O3/c1-2-25-19(24)18-16-14-21(10-8-15-6-4-3-5-7-15)11-9-17(16)22(20-18)12-13-23/h3-7,23H,2,8-14H2,1H3. The molecule has 0 fully saturated rings. The molecule has 0 amide bonds. The molecule has 0 spiro atoms. The molecule has 0 bridgehead atoms. The Balaban J connectivity index is 1.75. The van der Waals surface area contributed by atoms with E-state index in [4.69, 9.17) is 4.74 Å². The third-order valence-electron chi connectivity index (χ3n) is 4.55. The zero-order valence-corrected chi connectivity index (χ0v) is 14.6. The molecule has 6 heteroatoms. The van der Waals surface area contributed by atoms with Gasteiger partial charge in [0.1, 0.15) is 0 Å². The second kappa shape index (κ2) is 8.27. The van der Waals surface area contributed by atoms with Gasteiger partial charge in [-0.15, -0.1) is 0 Å². The highest BCUT2D eigenvalue weighted by atomic mass is 16.5. The van der Waals surface area contributed by atoms with Crippen LogP contribution in [0.15, 0.2) is 30.3 Å². The number of nitrogens with zero attached hydrogens (tertiary/aromatic N) is 3. The average molecular weight is 343 g/mol. The highest BCUT2D eigenvalue weighted by molar-refractivity contribution is 5.89. The van der Waals surface area contributed by atoms with Crippen LogP contribution in [-0.4, -0.2) is 52.1 Å². The molecule has 0 saturated carbocycles. The number of fused-ring (bicyclic) bond motifs is 1. The van der Waals surface area contributed by atoms with Crippen LogP contribution < -0.4 is 0 Å².